The molecule has 0 aromatic heterocycles. The Bertz CT molecular complexity index is 902. The molecule has 1 aromatic carbocycles. The number of nitrogens with zero attached hydrogens (tertiary/aromatic N) is 1. The minimum absolute atomic E-state index is 0.00650. The summed E-state index contributed by atoms with van der Waals surface area (Å²) in [6.45, 7) is 3.57. The van der Waals surface area contributed by atoms with Crippen LogP contribution in [0.5, 0.6) is 0 Å². The van der Waals surface area contributed by atoms with Crippen LogP contribution in [0.3, 0.4) is 0 Å². The van der Waals surface area contributed by atoms with Gasteiger partial charge in [-0.15, -0.1) is 0 Å². The first-order valence-corrected chi connectivity index (χ1v) is 13.1. The lowest BCUT2D eigenvalue weighted by atomic mass is 9.53. The summed E-state index contributed by atoms with van der Waals surface area (Å²) >= 11 is 0. The minimum Gasteiger partial charge on any atom is -0.349 e. The Balaban J connectivity index is 1.01. The molecule has 1 saturated heterocycles. The van der Waals surface area contributed by atoms with Crippen molar-refractivity contribution in [2.75, 3.05) is 19.6 Å². The minimum atomic E-state index is -0.118. The van der Waals surface area contributed by atoms with Gasteiger partial charge in [-0.1, -0.05) is 18.2 Å². The number of aryl methyl sites for hydroxylation is 1. The van der Waals surface area contributed by atoms with Crippen molar-refractivity contribution in [2.45, 2.75) is 76.3 Å². The fourth-order valence-corrected chi connectivity index (χ4v) is 7.35. The molecule has 4 bridgehead atoms. The van der Waals surface area contributed by atoms with Gasteiger partial charge in [0, 0.05) is 43.2 Å². The number of amides is 4. The van der Waals surface area contributed by atoms with E-state index in [-0.39, 0.29) is 29.4 Å². The van der Waals surface area contributed by atoms with Crippen LogP contribution in [0.2, 0.25) is 0 Å². The second-order valence-corrected chi connectivity index (χ2v) is 11.3. The van der Waals surface area contributed by atoms with Crippen LogP contribution in [0, 0.1) is 24.7 Å². The molecule has 5 aliphatic rings. The van der Waals surface area contributed by atoms with Crippen molar-refractivity contribution in [3.8, 4) is 0 Å². The van der Waals surface area contributed by atoms with Crippen LogP contribution in [0.4, 0.5) is 4.79 Å². The zero-order valence-corrected chi connectivity index (χ0v) is 20.3. The fraction of sp³-hybridized carbons (Fsp3) is 0.667. The van der Waals surface area contributed by atoms with E-state index in [0.717, 1.165) is 55.4 Å². The largest absolute Gasteiger partial charge is 0.349 e. The van der Waals surface area contributed by atoms with E-state index in [4.69, 9.17) is 0 Å². The number of benzene rings is 1. The Labute approximate surface area is 202 Å². The van der Waals surface area contributed by atoms with Crippen molar-refractivity contribution in [1.29, 1.82) is 0 Å². The number of piperidine rings is 1. The third-order valence-corrected chi connectivity index (χ3v) is 8.61. The number of urea groups is 1. The van der Waals surface area contributed by atoms with E-state index < -0.39 is 0 Å². The molecule has 7 nitrogen and oxygen atoms in total. The van der Waals surface area contributed by atoms with Gasteiger partial charge in [-0.2, -0.15) is 0 Å². The highest BCUT2D eigenvalue weighted by atomic mass is 16.2. The van der Waals surface area contributed by atoms with Crippen molar-refractivity contribution in [1.82, 2.24) is 20.9 Å². The van der Waals surface area contributed by atoms with Crippen molar-refractivity contribution in [3.05, 3.63) is 35.4 Å². The fourth-order valence-electron chi connectivity index (χ4n) is 7.35. The van der Waals surface area contributed by atoms with Gasteiger partial charge in [0.15, 0.2) is 0 Å². The van der Waals surface area contributed by atoms with Gasteiger partial charge in [0.05, 0.1) is 0 Å². The maximum absolute atomic E-state index is 12.7. The van der Waals surface area contributed by atoms with E-state index in [1.807, 2.05) is 36.1 Å². The van der Waals surface area contributed by atoms with Crippen LogP contribution >= 0.6 is 0 Å². The molecule has 4 aliphatic carbocycles. The summed E-state index contributed by atoms with van der Waals surface area (Å²) < 4.78 is 0. The summed E-state index contributed by atoms with van der Waals surface area (Å²) in [7, 11) is 0. The standard InChI is InChI=1S/C27H38N4O3/c1-18-4-2-3-5-23(18)25(33)29-22-7-10-31(11-8-22)24(32)6-9-28-26(34)30-27-15-19-12-20(16-27)14-21(13-19)17-27/h2-5,19-22H,6-17H2,1H3,(H,29,33)(H2,28,30,34). The highest BCUT2D eigenvalue weighted by Crippen LogP contribution is 2.55. The van der Waals surface area contributed by atoms with Crippen LogP contribution in [0.1, 0.15) is 73.7 Å². The van der Waals surface area contributed by atoms with Gasteiger partial charge in [0.25, 0.3) is 5.91 Å². The molecule has 1 aliphatic heterocycles. The molecular formula is C27H38N4O3. The van der Waals surface area contributed by atoms with Gasteiger partial charge in [-0.25, -0.2) is 4.79 Å². The number of carbonyl (C=O) groups excluding carboxylic acids is 3. The topological polar surface area (TPSA) is 90.5 Å². The summed E-state index contributed by atoms with van der Waals surface area (Å²) in [6, 6.07) is 7.55. The lowest BCUT2D eigenvalue weighted by molar-refractivity contribution is -0.132. The molecule has 0 radical (unpaired) electrons. The quantitative estimate of drug-likeness (QED) is 0.600. The monoisotopic (exact) mass is 466 g/mol. The Morgan fingerprint density at radius 3 is 2.21 bits per heavy atom. The average Bonchev–Trinajstić information content (AvgIpc) is 2.78. The van der Waals surface area contributed by atoms with Gasteiger partial charge >= 0.3 is 6.03 Å². The molecule has 34 heavy (non-hydrogen) atoms. The summed E-state index contributed by atoms with van der Waals surface area (Å²) in [5, 5.41) is 9.35. The van der Waals surface area contributed by atoms with Crippen LogP contribution < -0.4 is 16.0 Å². The van der Waals surface area contributed by atoms with Crippen LogP contribution in [0.15, 0.2) is 24.3 Å². The smallest absolute Gasteiger partial charge is 0.315 e. The molecule has 0 unspecified atom stereocenters. The lowest BCUT2D eigenvalue weighted by Gasteiger charge is -2.56. The van der Waals surface area contributed by atoms with E-state index in [1.54, 1.807) is 0 Å². The molecule has 184 valence electrons. The molecule has 1 heterocycles. The van der Waals surface area contributed by atoms with E-state index in [2.05, 4.69) is 16.0 Å². The number of hydrogen-bond donors (Lipinski definition) is 3. The Morgan fingerprint density at radius 2 is 1.59 bits per heavy atom. The maximum Gasteiger partial charge on any atom is 0.315 e. The van der Waals surface area contributed by atoms with E-state index >= 15 is 0 Å². The summed E-state index contributed by atoms with van der Waals surface area (Å²) in [5.41, 5.74) is 1.67. The average molecular weight is 467 g/mol. The molecular weight excluding hydrogens is 428 g/mol. The molecule has 5 fully saturated rings. The van der Waals surface area contributed by atoms with Gasteiger partial charge < -0.3 is 20.9 Å². The third kappa shape index (κ3) is 5.08. The van der Waals surface area contributed by atoms with E-state index in [0.29, 0.717) is 31.6 Å². The lowest BCUT2D eigenvalue weighted by Crippen LogP contribution is -2.61. The Morgan fingerprint density at radius 1 is 0.971 bits per heavy atom. The van der Waals surface area contributed by atoms with Crippen LogP contribution in [0.25, 0.3) is 0 Å². The molecule has 4 saturated carbocycles. The first-order valence-electron chi connectivity index (χ1n) is 13.1. The zero-order valence-electron chi connectivity index (χ0n) is 20.3. The number of likely N-dealkylation sites (tertiary alicyclic amines) is 1. The number of nitrogens with one attached hydrogen (secondary N) is 3. The highest BCUT2D eigenvalue weighted by molar-refractivity contribution is 5.95. The van der Waals surface area contributed by atoms with E-state index in [9.17, 15) is 14.4 Å². The maximum atomic E-state index is 12.7. The van der Waals surface area contributed by atoms with Crippen molar-refractivity contribution in [2.24, 2.45) is 17.8 Å². The molecule has 0 atom stereocenters. The predicted octanol–water partition coefficient (Wildman–Crippen LogP) is 3.37. The zero-order chi connectivity index (χ0) is 23.7. The van der Waals surface area contributed by atoms with Crippen molar-refractivity contribution >= 4 is 17.8 Å². The van der Waals surface area contributed by atoms with Gasteiger partial charge in [-0.3, -0.25) is 9.59 Å². The molecule has 7 heteroatoms. The van der Waals surface area contributed by atoms with Gasteiger partial charge in [0.2, 0.25) is 5.91 Å². The van der Waals surface area contributed by atoms with Crippen LogP contribution in [-0.2, 0) is 4.79 Å². The second-order valence-electron chi connectivity index (χ2n) is 11.3. The molecule has 0 spiro atoms. The van der Waals surface area contributed by atoms with Crippen LogP contribution in [-0.4, -0.2) is 54.0 Å². The third-order valence-electron chi connectivity index (χ3n) is 8.61. The van der Waals surface area contributed by atoms with Crippen molar-refractivity contribution in [3.63, 3.8) is 0 Å². The Hall–Kier alpha value is -2.57. The Kier molecular flexibility index (Phi) is 6.54. The molecule has 4 amide bonds. The normalized spacial score (nSPS) is 30.1. The summed E-state index contributed by atoms with van der Waals surface area (Å²) in [6.07, 6.45) is 9.25. The number of carbonyl (C=O) groups is 3. The van der Waals surface area contributed by atoms with E-state index in [1.165, 1.54) is 19.3 Å². The van der Waals surface area contributed by atoms with Gasteiger partial charge in [0.1, 0.15) is 0 Å². The first kappa shape index (κ1) is 23.2. The number of rotatable bonds is 6. The molecule has 1 aromatic rings. The summed E-state index contributed by atoms with van der Waals surface area (Å²) in [4.78, 5) is 39.6. The number of hydrogen-bond acceptors (Lipinski definition) is 3. The summed E-state index contributed by atoms with van der Waals surface area (Å²) in [5.74, 6) is 2.39. The second kappa shape index (κ2) is 9.59. The predicted molar refractivity (Wildman–Crippen MR) is 130 cm³/mol. The highest BCUT2D eigenvalue weighted by Gasteiger charge is 2.51. The van der Waals surface area contributed by atoms with Gasteiger partial charge in [-0.05, 0) is 87.7 Å². The first-order chi connectivity index (χ1) is 16.4. The molecule has 3 N–H and O–H groups in total. The van der Waals surface area contributed by atoms with Crippen molar-refractivity contribution < 1.29 is 14.4 Å². The molecule has 6 rings (SSSR count). The SMILES string of the molecule is Cc1ccccc1C(=O)NC1CCN(C(=O)CCNC(=O)NC23CC4CC(CC(C4)C2)C3)CC1.